The van der Waals surface area contributed by atoms with E-state index >= 15 is 0 Å². The monoisotopic (exact) mass is 406 g/mol. The maximum absolute atomic E-state index is 12.9. The molecule has 4 rings (SSSR count). The lowest BCUT2D eigenvalue weighted by molar-refractivity contribution is -0.244. The number of fused-ring (bicyclic) bond motifs is 2. The van der Waals surface area contributed by atoms with Crippen LogP contribution in [0.25, 0.3) is 21.9 Å². The first kappa shape index (κ1) is 19.4. The molecule has 154 valence electrons. The zero-order chi connectivity index (χ0) is 21.1. The Morgan fingerprint density at radius 3 is 2.48 bits per heavy atom. The first-order chi connectivity index (χ1) is 13.7. The second-order valence-corrected chi connectivity index (χ2v) is 7.00. The molecule has 3 aromatic rings. The fourth-order valence-corrected chi connectivity index (χ4v) is 3.67. The zero-order valence-corrected chi connectivity index (χ0v) is 14.8. The van der Waals surface area contributed by atoms with E-state index in [1.54, 1.807) is 0 Å². The van der Waals surface area contributed by atoms with Crippen molar-refractivity contribution in [2.24, 2.45) is 0 Å². The molecule has 10 heteroatoms. The third kappa shape index (κ3) is 2.73. The van der Waals surface area contributed by atoms with Crippen LogP contribution >= 0.6 is 0 Å². The summed E-state index contributed by atoms with van der Waals surface area (Å²) >= 11 is 0. The molecule has 0 unspecified atom stereocenters. The summed E-state index contributed by atoms with van der Waals surface area (Å²) in [5.74, 6) is -1.46. The number of rotatable bonds is 2. The maximum atomic E-state index is 12.9. The van der Waals surface area contributed by atoms with E-state index in [-0.39, 0.29) is 33.3 Å². The van der Waals surface area contributed by atoms with Crippen molar-refractivity contribution in [2.45, 2.75) is 23.9 Å². The van der Waals surface area contributed by atoms with Crippen molar-refractivity contribution in [3.8, 4) is 17.2 Å². The van der Waals surface area contributed by atoms with Crippen molar-refractivity contribution in [3.63, 3.8) is 0 Å². The molecule has 1 aliphatic rings. The van der Waals surface area contributed by atoms with Gasteiger partial charge in [0.25, 0.3) is 0 Å². The molecule has 0 bridgehead atoms. The van der Waals surface area contributed by atoms with Gasteiger partial charge in [0.15, 0.2) is 0 Å². The third-order valence-corrected chi connectivity index (χ3v) is 5.23. The summed E-state index contributed by atoms with van der Waals surface area (Å²) in [4.78, 5) is 12.9. The lowest BCUT2D eigenvalue weighted by atomic mass is 9.81. The lowest BCUT2D eigenvalue weighted by Gasteiger charge is -2.43. The van der Waals surface area contributed by atoms with Gasteiger partial charge in [-0.05, 0) is 12.1 Å². The molecule has 1 saturated heterocycles. The molecule has 10 nitrogen and oxygen atoms in total. The number of hydrogen-bond donors (Lipinski definition) is 7. The van der Waals surface area contributed by atoms with Crippen LogP contribution in [0.2, 0.25) is 0 Å². The van der Waals surface area contributed by atoms with Crippen LogP contribution in [0.4, 0.5) is 0 Å². The fourth-order valence-electron chi connectivity index (χ4n) is 3.67. The van der Waals surface area contributed by atoms with E-state index in [1.807, 2.05) is 0 Å². The smallest absolute Gasteiger partial charge is 0.208 e. The van der Waals surface area contributed by atoms with Crippen molar-refractivity contribution < 1.29 is 44.9 Å². The van der Waals surface area contributed by atoms with Gasteiger partial charge in [-0.25, -0.2) is 0 Å². The van der Waals surface area contributed by atoms with Crippen molar-refractivity contribution >= 4 is 21.9 Å². The molecule has 2 aromatic carbocycles. The van der Waals surface area contributed by atoms with Gasteiger partial charge in [-0.1, -0.05) is 0 Å². The minimum absolute atomic E-state index is 0.171. The van der Waals surface area contributed by atoms with Crippen LogP contribution in [0.3, 0.4) is 0 Å². The van der Waals surface area contributed by atoms with Crippen LogP contribution in [0.1, 0.15) is 5.56 Å². The number of phenolic OH excluding ortho intramolecular Hbond substituents is 3. The van der Waals surface area contributed by atoms with Gasteiger partial charge in [-0.2, -0.15) is 0 Å². The van der Waals surface area contributed by atoms with Crippen LogP contribution < -0.4 is 5.43 Å². The summed E-state index contributed by atoms with van der Waals surface area (Å²) in [6.45, 7) is -1.15. The maximum Gasteiger partial charge on any atom is 0.208 e. The number of benzene rings is 2. The largest absolute Gasteiger partial charge is 0.508 e. The normalized spacial score (nSPS) is 27.5. The molecule has 7 N–H and O–H groups in total. The highest BCUT2D eigenvalue weighted by molar-refractivity contribution is 5.97. The summed E-state index contributed by atoms with van der Waals surface area (Å²) in [6, 6.07) is 4.28. The summed E-state index contributed by atoms with van der Waals surface area (Å²) in [6.07, 6.45) is -4.60. The number of ether oxygens (including phenoxy) is 1. The van der Waals surface area contributed by atoms with E-state index in [0.29, 0.717) is 0 Å². The van der Waals surface area contributed by atoms with E-state index in [4.69, 9.17) is 9.15 Å². The van der Waals surface area contributed by atoms with Crippen molar-refractivity contribution in [2.75, 3.05) is 13.2 Å². The van der Waals surface area contributed by atoms with E-state index in [0.717, 1.165) is 18.2 Å². The SMILES string of the molecule is O=c1c2c(O)cc(O)cc2oc2c([C@@]3(O)CO[C@H](CO)[C@@H](O)[C@@H]3O)ccc(O)c12. The van der Waals surface area contributed by atoms with Crippen LogP contribution in [0.5, 0.6) is 17.2 Å². The number of aliphatic hydroxyl groups excluding tert-OH is 3. The number of hydrogen-bond acceptors (Lipinski definition) is 10. The molecular formula is C19H18O10. The van der Waals surface area contributed by atoms with Crippen molar-refractivity contribution in [3.05, 3.63) is 40.1 Å². The molecule has 2 heterocycles. The highest BCUT2D eigenvalue weighted by Crippen LogP contribution is 2.40. The lowest BCUT2D eigenvalue weighted by Crippen LogP contribution is -2.60. The minimum atomic E-state index is -2.25. The Morgan fingerprint density at radius 2 is 1.79 bits per heavy atom. The summed E-state index contributed by atoms with van der Waals surface area (Å²) in [5.41, 5.74) is -3.81. The molecule has 1 aromatic heterocycles. The molecule has 29 heavy (non-hydrogen) atoms. The van der Waals surface area contributed by atoms with Gasteiger partial charge >= 0.3 is 0 Å². The highest BCUT2D eigenvalue weighted by Gasteiger charge is 2.50. The second-order valence-electron chi connectivity index (χ2n) is 7.00. The second kappa shape index (κ2) is 6.58. The molecule has 0 aliphatic carbocycles. The Bertz CT molecular complexity index is 1170. The third-order valence-electron chi connectivity index (χ3n) is 5.23. The van der Waals surface area contributed by atoms with Gasteiger partial charge in [-0.3, -0.25) is 4.79 Å². The van der Waals surface area contributed by atoms with E-state index < -0.39 is 54.1 Å². The van der Waals surface area contributed by atoms with Crippen LogP contribution in [0.15, 0.2) is 33.5 Å². The average Bonchev–Trinajstić information content (AvgIpc) is 2.65. The molecular weight excluding hydrogens is 388 g/mol. The van der Waals surface area contributed by atoms with Gasteiger partial charge in [0, 0.05) is 17.7 Å². The molecule has 0 saturated carbocycles. The summed E-state index contributed by atoms with van der Waals surface area (Å²) < 4.78 is 10.9. The van der Waals surface area contributed by atoms with Gasteiger partial charge in [-0.15, -0.1) is 0 Å². The molecule has 0 radical (unpaired) electrons. The van der Waals surface area contributed by atoms with Crippen molar-refractivity contribution in [1.29, 1.82) is 0 Å². The first-order valence-electron chi connectivity index (χ1n) is 8.65. The number of aromatic hydroxyl groups is 3. The molecule has 4 atom stereocenters. The van der Waals surface area contributed by atoms with Gasteiger partial charge in [0.2, 0.25) is 5.43 Å². The Balaban J connectivity index is 2.04. The predicted octanol–water partition coefficient (Wildman–Crippen LogP) is -0.637. The van der Waals surface area contributed by atoms with Gasteiger partial charge in [0.1, 0.15) is 63.1 Å². The van der Waals surface area contributed by atoms with Gasteiger partial charge < -0.3 is 44.9 Å². The number of phenols is 3. The Morgan fingerprint density at radius 1 is 1.07 bits per heavy atom. The summed E-state index contributed by atoms with van der Waals surface area (Å²) in [5, 5.41) is 70.2. The fraction of sp³-hybridized carbons (Fsp3) is 0.316. The number of aliphatic hydroxyl groups is 4. The summed E-state index contributed by atoms with van der Waals surface area (Å²) in [7, 11) is 0. The average molecular weight is 406 g/mol. The highest BCUT2D eigenvalue weighted by atomic mass is 16.5. The van der Waals surface area contributed by atoms with Crippen molar-refractivity contribution in [1.82, 2.24) is 0 Å². The van der Waals surface area contributed by atoms with Crippen LogP contribution in [0, 0.1) is 0 Å². The topological polar surface area (TPSA) is 181 Å². The minimum Gasteiger partial charge on any atom is -0.508 e. The Hall–Kier alpha value is -2.89. The molecule has 0 spiro atoms. The van der Waals surface area contributed by atoms with E-state index in [2.05, 4.69) is 0 Å². The molecule has 1 aliphatic heterocycles. The van der Waals surface area contributed by atoms with Crippen LogP contribution in [-0.4, -0.2) is 67.3 Å². The molecule has 0 amide bonds. The van der Waals surface area contributed by atoms with Crippen LogP contribution in [-0.2, 0) is 10.3 Å². The first-order valence-corrected chi connectivity index (χ1v) is 8.65. The van der Waals surface area contributed by atoms with E-state index in [9.17, 15) is 40.5 Å². The quantitative estimate of drug-likeness (QED) is 0.271. The Labute approximate surface area is 162 Å². The molecule has 1 fully saturated rings. The zero-order valence-electron chi connectivity index (χ0n) is 14.8. The van der Waals surface area contributed by atoms with Gasteiger partial charge in [0.05, 0.1) is 13.2 Å². The Kier molecular flexibility index (Phi) is 4.41. The predicted molar refractivity (Wildman–Crippen MR) is 97.7 cm³/mol. The van der Waals surface area contributed by atoms with E-state index in [1.165, 1.54) is 6.07 Å². The standard InChI is InChI=1S/C19H18O10/c20-5-12-15(24)18(26)19(27,6-28-12)8-1-2-9(22)14-16(25)13-10(23)3-7(21)4-11(13)29-17(8)14/h1-4,12,15,18,20-24,26-27H,5-6H2/t12-,15-,18+,19+/m1/s1.